The third kappa shape index (κ3) is 6.57. The molecule has 0 aromatic heterocycles. The first-order valence-corrected chi connectivity index (χ1v) is 12.7. The lowest BCUT2D eigenvalue weighted by Gasteiger charge is -2.38. The van der Waals surface area contributed by atoms with Gasteiger partial charge in [0.25, 0.3) is 5.91 Å². The van der Waals surface area contributed by atoms with Gasteiger partial charge in [0.2, 0.25) is 5.91 Å². The van der Waals surface area contributed by atoms with Crippen LogP contribution in [0.4, 0.5) is 4.39 Å². The van der Waals surface area contributed by atoms with E-state index in [1.54, 1.807) is 41.3 Å². The Bertz CT molecular complexity index is 970. The number of carbonyl (C=O) groups is 2. The van der Waals surface area contributed by atoms with Gasteiger partial charge < -0.3 is 9.80 Å². The lowest BCUT2D eigenvalue weighted by Crippen LogP contribution is -2.52. The highest BCUT2D eigenvalue weighted by atomic mass is 35.5. The molecule has 1 aliphatic heterocycles. The van der Waals surface area contributed by atoms with Crippen molar-refractivity contribution in [1.29, 1.82) is 0 Å². The van der Waals surface area contributed by atoms with Crippen molar-refractivity contribution in [1.82, 2.24) is 14.7 Å². The van der Waals surface area contributed by atoms with E-state index in [1.807, 2.05) is 4.90 Å². The molecule has 0 radical (unpaired) electrons. The van der Waals surface area contributed by atoms with E-state index in [0.29, 0.717) is 29.6 Å². The van der Waals surface area contributed by atoms with Crippen LogP contribution in [0.25, 0.3) is 0 Å². The molecule has 34 heavy (non-hydrogen) atoms. The summed E-state index contributed by atoms with van der Waals surface area (Å²) in [5.74, 6) is 0.144. The molecule has 4 rings (SSSR count). The van der Waals surface area contributed by atoms with Crippen molar-refractivity contribution in [3.8, 4) is 0 Å². The second-order valence-corrected chi connectivity index (χ2v) is 9.80. The molecule has 2 aliphatic rings. The number of amides is 2. The molecule has 2 amide bonds. The highest BCUT2D eigenvalue weighted by Crippen LogP contribution is 2.26. The molecule has 2 aromatic rings. The van der Waals surface area contributed by atoms with Gasteiger partial charge in [0.05, 0.1) is 0 Å². The largest absolute Gasteiger partial charge is 0.340 e. The number of carbonyl (C=O) groups excluding carboxylic acids is 2. The summed E-state index contributed by atoms with van der Waals surface area (Å²) < 4.78 is 13.4. The molecular formula is C27H33ClFN3O2. The van der Waals surface area contributed by atoms with Crippen molar-refractivity contribution in [3.63, 3.8) is 0 Å². The average Bonchev–Trinajstić information content (AvgIpc) is 2.87. The smallest absolute Gasteiger partial charge is 0.254 e. The maximum atomic E-state index is 13.4. The van der Waals surface area contributed by atoms with Gasteiger partial charge in [-0.15, -0.1) is 0 Å². The van der Waals surface area contributed by atoms with Crippen molar-refractivity contribution in [2.45, 2.75) is 38.6 Å². The number of nitrogens with zero attached hydrogens (tertiary/aromatic N) is 3. The minimum absolute atomic E-state index is 0.0991. The van der Waals surface area contributed by atoms with E-state index in [2.05, 4.69) is 4.90 Å². The molecule has 0 N–H and O–H groups in total. The predicted octanol–water partition coefficient (Wildman–Crippen LogP) is 4.85. The van der Waals surface area contributed by atoms with Crippen LogP contribution in [-0.2, 0) is 11.3 Å². The van der Waals surface area contributed by atoms with Crippen LogP contribution in [-0.4, -0.2) is 65.8 Å². The number of piperazine rings is 1. The van der Waals surface area contributed by atoms with E-state index in [0.717, 1.165) is 51.1 Å². The molecule has 182 valence electrons. The zero-order valence-corrected chi connectivity index (χ0v) is 20.4. The molecule has 0 bridgehead atoms. The standard InChI is InChI=1S/C27H33ClFN3O2/c28-24-8-4-7-23(19-24)27(34)32(20-21-9-11-25(29)12-10-21)18-15-30-13-16-31(17-14-30)26(33)22-5-2-1-3-6-22/h4,7-12,19,22H,1-3,5-6,13-18,20H2. The molecule has 7 heteroatoms. The summed E-state index contributed by atoms with van der Waals surface area (Å²) in [5, 5.41) is 0.520. The average molecular weight is 486 g/mol. The van der Waals surface area contributed by atoms with E-state index < -0.39 is 0 Å². The number of hydrogen-bond donors (Lipinski definition) is 0. The van der Waals surface area contributed by atoms with E-state index in [9.17, 15) is 14.0 Å². The Kier molecular flexibility index (Phi) is 8.57. The van der Waals surface area contributed by atoms with Crippen LogP contribution < -0.4 is 0 Å². The van der Waals surface area contributed by atoms with Gasteiger partial charge >= 0.3 is 0 Å². The lowest BCUT2D eigenvalue weighted by molar-refractivity contribution is -0.138. The van der Waals surface area contributed by atoms with E-state index in [4.69, 9.17) is 11.6 Å². The first kappa shape index (κ1) is 24.7. The zero-order chi connectivity index (χ0) is 23.9. The van der Waals surface area contributed by atoms with Crippen LogP contribution in [0.1, 0.15) is 48.0 Å². The fraction of sp³-hybridized carbons (Fsp3) is 0.481. The minimum Gasteiger partial charge on any atom is -0.340 e. The summed E-state index contributed by atoms with van der Waals surface area (Å²) in [5.41, 5.74) is 1.41. The molecule has 1 saturated heterocycles. The molecule has 0 unspecified atom stereocenters. The second-order valence-electron chi connectivity index (χ2n) is 9.37. The van der Waals surface area contributed by atoms with Crippen LogP contribution in [0.3, 0.4) is 0 Å². The Balaban J connectivity index is 1.35. The van der Waals surface area contributed by atoms with Crippen molar-refractivity contribution in [2.24, 2.45) is 5.92 Å². The van der Waals surface area contributed by atoms with E-state index >= 15 is 0 Å². The molecule has 2 aromatic carbocycles. The normalized spacial score (nSPS) is 17.5. The molecular weight excluding hydrogens is 453 g/mol. The molecule has 0 atom stereocenters. The van der Waals surface area contributed by atoms with Gasteiger partial charge in [-0.25, -0.2) is 4.39 Å². The second kappa shape index (κ2) is 11.8. The van der Waals surface area contributed by atoms with Crippen LogP contribution >= 0.6 is 11.6 Å². The third-order valence-corrected chi connectivity index (χ3v) is 7.21. The monoisotopic (exact) mass is 485 g/mol. The van der Waals surface area contributed by atoms with Gasteiger partial charge in [0.15, 0.2) is 0 Å². The lowest BCUT2D eigenvalue weighted by atomic mass is 9.88. The summed E-state index contributed by atoms with van der Waals surface area (Å²) in [7, 11) is 0. The number of rotatable bonds is 7. The Morgan fingerprint density at radius 2 is 1.68 bits per heavy atom. The van der Waals surface area contributed by atoms with Gasteiger partial charge in [0.1, 0.15) is 5.82 Å². The predicted molar refractivity (Wildman–Crippen MR) is 132 cm³/mol. The molecule has 1 heterocycles. The molecule has 2 fully saturated rings. The van der Waals surface area contributed by atoms with Gasteiger partial charge in [-0.1, -0.05) is 49.1 Å². The Labute approximate surface area is 206 Å². The first-order valence-electron chi connectivity index (χ1n) is 12.3. The van der Waals surface area contributed by atoms with Crippen LogP contribution in [0.2, 0.25) is 5.02 Å². The minimum atomic E-state index is -0.294. The summed E-state index contributed by atoms with van der Waals surface area (Å²) in [4.78, 5) is 32.3. The van der Waals surface area contributed by atoms with Crippen molar-refractivity contribution in [3.05, 3.63) is 70.5 Å². The first-order chi connectivity index (χ1) is 16.5. The topological polar surface area (TPSA) is 43.9 Å². The van der Waals surface area contributed by atoms with Crippen molar-refractivity contribution in [2.75, 3.05) is 39.3 Å². The summed E-state index contributed by atoms with van der Waals surface area (Å²) >= 11 is 6.11. The van der Waals surface area contributed by atoms with Gasteiger partial charge in [-0.05, 0) is 48.7 Å². The van der Waals surface area contributed by atoms with Gasteiger partial charge in [-0.2, -0.15) is 0 Å². The summed E-state index contributed by atoms with van der Waals surface area (Å²) in [6.45, 7) is 4.78. The molecule has 1 aliphatic carbocycles. The summed E-state index contributed by atoms with van der Waals surface area (Å²) in [6, 6.07) is 13.2. The quantitative estimate of drug-likeness (QED) is 0.563. The fourth-order valence-electron chi connectivity index (χ4n) is 4.93. The van der Waals surface area contributed by atoms with E-state index in [-0.39, 0.29) is 17.6 Å². The SMILES string of the molecule is O=C(c1cccc(Cl)c1)N(CCN1CCN(C(=O)C2CCCCC2)CC1)Cc1ccc(F)cc1. The maximum absolute atomic E-state index is 13.4. The van der Waals surface area contributed by atoms with Gasteiger partial charge in [0, 0.05) is 62.3 Å². The number of benzene rings is 2. The molecule has 1 saturated carbocycles. The Morgan fingerprint density at radius 1 is 0.971 bits per heavy atom. The Morgan fingerprint density at radius 3 is 2.35 bits per heavy atom. The van der Waals surface area contributed by atoms with Gasteiger partial charge in [-0.3, -0.25) is 14.5 Å². The highest BCUT2D eigenvalue weighted by molar-refractivity contribution is 6.30. The molecule has 5 nitrogen and oxygen atoms in total. The van der Waals surface area contributed by atoms with Crippen molar-refractivity contribution >= 4 is 23.4 Å². The summed E-state index contributed by atoms with van der Waals surface area (Å²) in [6.07, 6.45) is 5.65. The number of hydrogen-bond acceptors (Lipinski definition) is 3. The van der Waals surface area contributed by atoms with Crippen LogP contribution in [0, 0.1) is 11.7 Å². The van der Waals surface area contributed by atoms with Crippen LogP contribution in [0.15, 0.2) is 48.5 Å². The zero-order valence-electron chi connectivity index (χ0n) is 19.6. The van der Waals surface area contributed by atoms with Crippen molar-refractivity contribution < 1.29 is 14.0 Å². The highest BCUT2D eigenvalue weighted by Gasteiger charge is 2.28. The Hall–Kier alpha value is -2.44. The van der Waals surface area contributed by atoms with Crippen LogP contribution in [0.5, 0.6) is 0 Å². The third-order valence-electron chi connectivity index (χ3n) is 6.97. The maximum Gasteiger partial charge on any atom is 0.254 e. The number of halogens is 2. The van der Waals surface area contributed by atoms with E-state index in [1.165, 1.54) is 31.4 Å². The molecule has 0 spiro atoms. The fourth-order valence-corrected chi connectivity index (χ4v) is 5.12.